The minimum atomic E-state index is -0.0723. The SMILES string of the molecule is C[C@H]1CCC(=O)O[C@H]1c1ccccc1. The Morgan fingerprint density at radius 2 is 2.00 bits per heavy atom. The van der Waals surface area contributed by atoms with E-state index < -0.39 is 0 Å². The van der Waals surface area contributed by atoms with Crippen LogP contribution in [0.4, 0.5) is 0 Å². The van der Waals surface area contributed by atoms with Crippen LogP contribution < -0.4 is 0 Å². The Labute approximate surface area is 83.9 Å². The van der Waals surface area contributed by atoms with Crippen molar-refractivity contribution in [1.29, 1.82) is 0 Å². The number of carbonyl (C=O) groups is 1. The van der Waals surface area contributed by atoms with E-state index in [0.717, 1.165) is 12.0 Å². The molecule has 2 rings (SSSR count). The summed E-state index contributed by atoms with van der Waals surface area (Å²) < 4.78 is 5.35. The van der Waals surface area contributed by atoms with E-state index in [1.165, 1.54) is 0 Å². The Balaban J connectivity index is 2.20. The van der Waals surface area contributed by atoms with Crippen LogP contribution in [0.1, 0.15) is 31.4 Å². The Morgan fingerprint density at radius 1 is 1.29 bits per heavy atom. The third-order valence-electron chi connectivity index (χ3n) is 2.71. The first-order valence-electron chi connectivity index (χ1n) is 5.02. The lowest BCUT2D eigenvalue weighted by atomic mass is 9.91. The van der Waals surface area contributed by atoms with Gasteiger partial charge >= 0.3 is 5.97 Å². The molecule has 0 unspecified atom stereocenters. The number of esters is 1. The molecule has 0 saturated carbocycles. The smallest absolute Gasteiger partial charge is 0.306 e. The highest BCUT2D eigenvalue weighted by molar-refractivity contribution is 5.70. The van der Waals surface area contributed by atoms with Crippen molar-refractivity contribution in [2.45, 2.75) is 25.9 Å². The molecule has 1 heterocycles. The molecule has 0 spiro atoms. The normalized spacial score (nSPS) is 27.1. The minimum Gasteiger partial charge on any atom is -0.457 e. The summed E-state index contributed by atoms with van der Waals surface area (Å²) in [6, 6.07) is 9.95. The molecule has 0 radical (unpaired) electrons. The monoisotopic (exact) mass is 190 g/mol. The summed E-state index contributed by atoms with van der Waals surface area (Å²) in [6.45, 7) is 2.13. The van der Waals surface area contributed by atoms with Gasteiger partial charge in [0.2, 0.25) is 0 Å². The van der Waals surface area contributed by atoms with Gasteiger partial charge in [0.25, 0.3) is 0 Å². The summed E-state index contributed by atoms with van der Waals surface area (Å²) in [7, 11) is 0. The molecule has 1 aromatic rings. The molecule has 1 fully saturated rings. The van der Waals surface area contributed by atoms with Crippen molar-refractivity contribution in [1.82, 2.24) is 0 Å². The number of benzene rings is 1. The first-order valence-corrected chi connectivity index (χ1v) is 5.02. The number of carbonyl (C=O) groups excluding carboxylic acids is 1. The van der Waals surface area contributed by atoms with Crippen molar-refractivity contribution in [3.8, 4) is 0 Å². The first-order chi connectivity index (χ1) is 6.77. The lowest BCUT2D eigenvalue weighted by Crippen LogP contribution is -2.24. The highest BCUT2D eigenvalue weighted by Crippen LogP contribution is 2.33. The Kier molecular flexibility index (Phi) is 2.53. The fourth-order valence-electron chi connectivity index (χ4n) is 1.85. The molecule has 1 aliphatic rings. The quantitative estimate of drug-likeness (QED) is 0.636. The van der Waals surface area contributed by atoms with Gasteiger partial charge in [-0.2, -0.15) is 0 Å². The van der Waals surface area contributed by atoms with Gasteiger partial charge in [-0.05, 0) is 17.9 Å². The van der Waals surface area contributed by atoms with E-state index in [0.29, 0.717) is 12.3 Å². The maximum Gasteiger partial charge on any atom is 0.306 e. The highest BCUT2D eigenvalue weighted by atomic mass is 16.5. The molecule has 0 N–H and O–H groups in total. The van der Waals surface area contributed by atoms with E-state index in [1.807, 2.05) is 30.3 Å². The maximum atomic E-state index is 11.2. The second-order valence-electron chi connectivity index (χ2n) is 3.84. The maximum absolute atomic E-state index is 11.2. The van der Waals surface area contributed by atoms with Crippen molar-refractivity contribution in [3.63, 3.8) is 0 Å². The lowest BCUT2D eigenvalue weighted by molar-refractivity contribution is -0.158. The van der Waals surface area contributed by atoms with Crippen molar-refractivity contribution >= 4 is 5.97 Å². The molecule has 2 nitrogen and oxygen atoms in total. The van der Waals surface area contributed by atoms with Crippen LogP contribution in [0.5, 0.6) is 0 Å². The molecule has 0 aliphatic carbocycles. The zero-order chi connectivity index (χ0) is 9.97. The Hall–Kier alpha value is -1.31. The molecule has 1 aliphatic heterocycles. The van der Waals surface area contributed by atoms with Crippen LogP contribution in [-0.2, 0) is 9.53 Å². The van der Waals surface area contributed by atoms with Crippen LogP contribution in [0.3, 0.4) is 0 Å². The van der Waals surface area contributed by atoms with Gasteiger partial charge < -0.3 is 4.74 Å². The number of ether oxygens (including phenoxy) is 1. The predicted octanol–water partition coefficient (Wildman–Crippen LogP) is 2.70. The molecule has 0 amide bonds. The first kappa shape index (κ1) is 9.25. The zero-order valence-electron chi connectivity index (χ0n) is 8.27. The molecule has 2 heteroatoms. The standard InChI is InChI=1S/C12H14O2/c1-9-7-8-11(13)14-12(9)10-5-3-2-4-6-10/h2-6,9,12H,7-8H2,1H3/t9-,12+/m0/s1. The largest absolute Gasteiger partial charge is 0.457 e. The number of hydrogen-bond acceptors (Lipinski definition) is 2. The minimum absolute atomic E-state index is 0.0440. The van der Waals surface area contributed by atoms with Crippen LogP contribution in [0.2, 0.25) is 0 Å². The van der Waals surface area contributed by atoms with Gasteiger partial charge in [0.15, 0.2) is 0 Å². The lowest BCUT2D eigenvalue weighted by Gasteiger charge is -2.28. The highest BCUT2D eigenvalue weighted by Gasteiger charge is 2.28. The van der Waals surface area contributed by atoms with Crippen LogP contribution in [0.25, 0.3) is 0 Å². The van der Waals surface area contributed by atoms with Gasteiger partial charge in [-0.1, -0.05) is 37.3 Å². The average Bonchev–Trinajstić information content (AvgIpc) is 2.23. The van der Waals surface area contributed by atoms with Crippen molar-refractivity contribution in [2.24, 2.45) is 5.92 Å². The summed E-state index contributed by atoms with van der Waals surface area (Å²) in [5.41, 5.74) is 1.10. The second-order valence-corrected chi connectivity index (χ2v) is 3.84. The van der Waals surface area contributed by atoms with Gasteiger partial charge in [0.1, 0.15) is 6.10 Å². The molecule has 14 heavy (non-hydrogen) atoms. The number of rotatable bonds is 1. The summed E-state index contributed by atoms with van der Waals surface area (Å²) in [5.74, 6) is 0.354. The van der Waals surface area contributed by atoms with E-state index in [1.54, 1.807) is 0 Å². The van der Waals surface area contributed by atoms with Gasteiger partial charge in [0.05, 0.1) is 0 Å². The fourth-order valence-corrected chi connectivity index (χ4v) is 1.85. The van der Waals surface area contributed by atoms with E-state index in [9.17, 15) is 4.79 Å². The molecule has 74 valence electrons. The average molecular weight is 190 g/mol. The van der Waals surface area contributed by atoms with E-state index in [-0.39, 0.29) is 12.1 Å². The number of cyclic esters (lactones) is 1. The van der Waals surface area contributed by atoms with Crippen molar-refractivity contribution in [3.05, 3.63) is 35.9 Å². The molecule has 1 saturated heterocycles. The third-order valence-corrected chi connectivity index (χ3v) is 2.71. The summed E-state index contributed by atoms with van der Waals surface area (Å²) in [6.07, 6.45) is 1.44. The molecular formula is C12H14O2. The Bertz CT molecular complexity index is 318. The summed E-state index contributed by atoms with van der Waals surface area (Å²) in [4.78, 5) is 11.2. The molecule has 0 aromatic heterocycles. The molecule has 0 bridgehead atoms. The van der Waals surface area contributed by atoms with Crippen LogP contribution in [0, 0.1) is 5.92 Å². The van der Waals surface area contributed by atoms with E-state index in [2.05, 4.69) is 6.92 Å². The summed E-state index contributed by atoms with van der Waals surface area (Å²) in [5, 5.41) is 0. The predicted molar refractivity (Wildman–Crippen MR) is 53.7 cm³/mol. The molecule has 1 aromatic carbocycles. The van der Waals surface area contributed by atoms with Gasteiger partial charge in [-0.3, -0.25) is 4.79 Å². The zero-order valence-corrected chi connectivity index (χ0v) is 8.27. The summed E-state index contributed by atoms with van der Waals surface area (Å²) >= 11 is 0. The van der Waals surface area contributed by atoms with Crippen LogP contribution in [-0.4, -0.2) is 5.97 Å². The molecular weight excluding hydrogens is 176 g/mol. The van der Waals surface area contributed by atoms with Crippen LogP contribution in [0.15, 0.2) is 30.3 Å². The second kappa shape index (κ2) is 3.82. The third kappa shape index (κ3) is 1.79. The van der Waals surface area contributed by atoms with Crippen molar-refractivity contribution < 1.29 is 9.53 Å². The van der Waals surface area contributed by atoms with Crippen LogP contribution >= 0.6 is 0 Å². The van der Waals surface area contributed by atoms with Crippen molar-refractivity contribution in [2.75, 3.05) is 0 Å². The van der Waals surface area contributed by atoms with E-state index in [4.69, 9.17) is 4.74 Å². The topological polar surface area (TPSA) is 26.3 Å². The van der Waals surface area contributed by atoms with Gasteiger partial charge in [-0.25, -0.2) is 0 Å². The van der Waals surface area contributed by atoms with Gasteiger partial charge in [0, 0.05) is 6.42 Å². The fraction of sp³-hybridized carbons (Fsp3) is 0.417. The molecule has 2 atom stereocenters. The van der Waals surface area contributed by atoms with Gasteiger partial charge in [-0.15, -0.1) is 0 Å². The number of hydrogen-bond donors (Lipinski definition) is 0. The van der Waals surface area contributed by atoms with E-state index >= 15 is 0 Å². The Morgan fingerprint density at radius 3 is 2.71 bits per heavy atom.